The van der Waals surface area contributed by atoms with Gasteiger partial charge in [-0.05, 0) is 61.9 Å². The van der Waals surface area contributed by atoms with Gasteiger partial charge in [-0.2, -0.15) is 0 Å². The van der Waals surface area contributed by atoms with Crippen LogP contribution in [0, 0.1) is 18.7 Å². The Hall–Kier alpha value is -2.60. The highest BCUT2D eigenvalue weighted by atomic mass is 19.1. The normalized spacial score (nSPS) is 16.6. The van der Waals surface area contributed by atoms with Crippen molar-refractivity contribution >= 4 is 11.6 Å². The number of methoxy groups -OCH3 is 2. The van der Waals surface area contributed by atoms with Crippen molar-refractivity contribution in [3.63, 3.8) is 0 Å². The number of anilines is 1. The van der Waals surface area contributed by atoms with E-state index in [4.69, 9.17) is 14.2 Å². The highest BCUT2D eigenvalue weighted by molar-refractivity contribution is 5.93. The summed E-state index contributed by atoms with van der Waals surface area (Å²) in [6.45, 7) is 2.12. The monoisotopic (exact) mass is 441 g/mol. The van der Waals surface area contributed by atoms with Gasteiger partial charge >= 0.3 is 0 Å². The molecular formula is C26H32FNO4. The molecule has 0 aromatic heterocycles. The number of ether oxygens (including phenoxy) is 3. The summed E-state index contributed by atoms with van der Waals surface area (Å²) in [4.78, 5) is 12.7. The van der Waals surface area contributed by atoms with Crippen molar-refractivity contribution in [3.8, 4) is 22.6 Å². The molecule has 5 nitrogen and oxygen atoms in total. The first kappa shape index (κ1) is 22.6. The van der Waals surface area contributed by atoms with Crippen LogP contribution in [0.1, 0.15) is 56.1 Å². The lowest BCUT2D eigenvalue weighted by Crippen LogP contribution is -2.24. The Morgan fingerprint density at radius 3 is 2.44 bits per heavy atom. The third-order valence-electron chi connectivity index (χ3n) is 6.48. The number of rotatable bonds is 8. The fourth-order valence-electron chi connectivity index (χ4n) is 4.46. The van der Waals surface area contributed by atoms with Crippen molar-refractivity contribution in [3.05, 3.63) is 41.2 Å². The minimum atomic E-state index is -0.433. The summed E-state index contributed by atoms with van der Waals surface area (Å²) in [5.74, 6) is 0.427. The topological polar surface area (TPSA) is 56.8 Å². The SMILES string of the molecule is COc1cc(-c2ccc(NC(=O)C3CCCCC3)cc2COC2CC2)c(F)c(OC)c1C. The molecule has 0 radical (unpaired) electrons. The lowest BCUT2D eigenvalue weighted by atomic mass is 9.88. The van der Waals surface area contributed by atoms with Crippen LogP contribution in [0.4, 0.5) is 10.1 Å². The number of benzene rings is 2. The van der Waals surface area contributed by atoms with E-state index in [0.29, 0.717) is 34.7 Å². The van der Waals surface area contributed by atoms with Gasteiger partial charge in [0.2, 0.25) is 5.91 Å². The van der Waals surface area contributed by atoms with Gasteiger partial charge in [-0.3, -0.25) is 4.79 Å². The smallest absolute Gasteiger partial charge is 0.227 e. The van der Waals surface area contributed by atoms with Crippen LogP contribution in [0.2, 0.25) is 0 Å². The number of carbonyl (C=O) groups excluding carboxylic acids is 1. The molecule has 6 heteroatoms. The molecule has 0 atom stereocenters. The maximum absolute atomic E-state index is 15.4. The molecule has 32 heavy (non-hydrogen) atoms. The quantitative estimate of drug-likeness (QED) is 0.545. The van der Waals surface area contributed by atoms with Gasteiger partial charge in [0.15, 0.2) is 11.6 Å². The van der Waals surface area contributed by atoms with Crippen LogP contribution in [0.25, 0.3) is 11.1 Å². The predicted octanol–water partition coefficient (Wildman–Crippen LogP) is 6.02. The molecule has 0 aliphatic heterocycles. The van der Waals surface area contributed by atoms with Crippen LogP contribution in [0.15, 0.2) is 24.3 Å². The van der Waals surface area contributed by atoms with Gasteiger partial charge in [0, 0.05) is 22.7 Å². The van der Waals surface area contributed by atoms with Crippen molar-refractivity contribution in [1.29, 1.82) is 0 Å². The van der Waals surface area contributed by atoms with Gasteiger partial charge in [0.05, 0.1) is 26.9 Å². The van der Waals surface area contributed by atoms with Gasteiger partial charge in [-0.25, -0.2) is 4.39 Å². The Kier molecular flexibility index (Phi) is 6.99. The number of nitrogens with one attached hydrogen (secondary N) is 1. The van der Waals surface area contributed by atoms with E-state index in [9.17, 15) is 4.79 Å². The molecule has 2 saturated carbocycles. The summed E-state index contributed by atoms with van der Waals surface area (Å²) in [7, 11) is 3.01. The van der Waals surface area contributed by atoms with Gasteiger partial charge in [0.25, 0.3) is 0 Å². The number of halogens is 1. The number of carbonyl (C=O) groups is 1. The van der Waals surface area contributed by atoms with Crippen LogP contribution in [0.3, 0.4) is 0 Å². The lowest BCUT2D eigenvalue weighted by Gasteiger charge is -2.21. The molecule has 0 unspecified atom stereocenters. The van der Waals surface area contributed by atoms with Crippen LogP contribution in [-0.4, -0.2) is 26.2 Å². The molecule has 2 aromatic carbocycles. The van der Waals surface area contributed by atoms with E-state index in [0.717, 1.165) is 44.1 Å². The Morgan fingerprint density at radius 2 is 1.78 bits per heavy atom. The summed E-state index contributed by atoms with van der Waals surface area (Å²) < 4.78 is 32.1. The lowest BCUT2D eigenvalue weighted by molar-refractivity contribution is -0.120. The second-order valence-corrected chi connectivity index (χ2v) is 8.81. The zero-order valence-corrected chi connectivity index (χ0v) is 19.1. The van der Waals surface area contributed by atoms with E-state index < -0.39 is 5.82 Å². The highest BCUT2D eigenvalue weighted by Gasteiger charge is 2.25. The molecule has 2 fully saturated rings. The van der Waals surface area contributed by atoms with Crippen LogP contribution >= 0.6 is 0 Å². The molecule has 1 N–H and O–H groups in total. The molecule has 0 spiro atoms. The van der Waals surface area contributed by atoms with E-state index in [1.165, 1.54) is 13.5 Å². The zero-order valence-electron chi connectivity index (χ0n) is 19.1. The largest absolute Gasteiger partial charge is 0.496 e. The summed E-state index contributed by atoms with van der Waals surface area (Å²) in [5, 5.41) is 3.07. The fourth-order valence-corrected chi connectivity index (χ4v) is 4.46. The highest BCUT2D eigenvalue weighted by Crippen LogP contribution is 2.40. The summed E-state index contributed by atoms with van der Waals surface area (Å²) in [5.41, 5.74) is 3.25. The number of hydrogen-bond acceptors (Lipinski definition) is 4. The standard InChI is InChI=1S/C26H32FNO4/c1-16-23(30-2)14-22(24(27)25(16)31-3)21-12-9-19(13-18(21)15-32-20-10-11-20)28-26(29)17-7-5-4-6-8-17/h9,12-14,17,20H,4-8,10-11,15H2,1-3H3,(H,28,29). The zero-order chi connectivity index (χ0) is 22.7. The van der Waals surface area contributed by atoms with Crippen molar-refractivity contribution in [1.82, 2.24) is 0 Å². The van der Waals surface area contributed by atoms with E-state index in [-0.39, 0.29) is 23.7 Å². The molecular weight excluding hydrogens is 409 g/mol. The molecule has 0 heterocycles. The minimum absolute atomic E-state index is 0.0661. The van der Waals surface area contributed by atoms with Crippen molar-refractivity contribution in [2.75, 3.05) is 19.5 Å². The molecule has 0 saturated heterocycles. The summed E-state index contributed by atoms with van der Waals surface area (Å²) in [6.07, 6.45) is 7.65. The van der Waals surface area contributed by atoms with Crippen molar-refractivity contribution in [2.24, 2.45) is 5.92 Å². The summed E-state index contributed by atoms with van der Waals surface area (Å²) in [6, 6.07) is 7.27. The molecule has 2 aliphatic rings. The van der Waals surface area contributed by atoms with Crippen LogP contribution in [-0.2, 0) is 16.1 Å². The van der Waals surface area contributed by atoms with Gasteiger partial charge in [0.1, 0.15) is 5.75 Å². The number of amides is 1. The second kappa shape index (κ2) is 9.90. The fraction of sp³-hybridized carbons (Fsp3) is 0.500. The van der Waals surface area contributed by atoms with E-state index >= 15 is 4.39 Å². The molecule has 1 amide bonds. The van der Waals surface area contributed by atoms with E-state index in [1.807, 2.05) is 18.2 Å². The van der Waals surface area contributed by atoms with E-state index in [2.05, 4.69) is 5.32 Å². The third-order valence-corrected chi connectivity index (χ3v) is 6.48. The molecule has 2 aromatic rings. The maximum Gasteiger partial charge on any atom is 0.227 e. The average molecular weight is 442 g/mol. The van der Waals surface area contributed by atoms with Gasteiger partial charge < -0.3 is 19.5 Å². The Labute approximate surface area is 189 Å². The minimum Gasteiger partial charge on any atom is -0.496 e. The molecule has 0 bridgehead atoms. The molecule has 4 rings (SSSR count). The summed E-state index contributed by atoms with van der Waals surface area (Å²) >= 11 is 0. The van der Waals surface area contributed by atoms with E-state index in [1.54, 1.807) is 20.1 Å². The van der Waals surface area contributed by atoms with Crippen LogP contribution < -0.4 is 14.8 Å². The second-order valence-electron chi connectivity index (χ2n) is 8.81. The van der Waals surface area contributed by atoms with Crippen LogP contribution in [0.5, 0.6) is 11.5 Å². The Balaban J connectivity index is 1.67. The van der Waals surface area contributed by atoms with Gasteiger partial charge in [-0.1, -0.05) is 25.3 Å². The molecule has 2 aliphatic carbocycles. The Bertz CT molecular complexity index is 980. The number of hydrogen-bond donors (Lipinski definition) is 1. The average Bonchev–Trinajstić information content (AvgIpc) is 3.64. The molecule has 172 valence electrons. The van der Waals surface area contributed by atoms with Crippen molar-refractivity contribution in [2.45, 2.75) is 64.6 Å². The first-order chi connectivity index (χ1) is 15.5. The third kappa shape index (κ3) is 4.90. The van der Waals surface area contributed by atoms with Gasteiger partial charge in [-0.15, -0.1) is 0 Å². The Morgan fingerprint density at radius 1 is 1.03 bits per heavy atom. The first-order valence-electron chi connectivity index (χ1n) is 11.5. The first-order valence-corrected chi connectivity index (χ1v) is 11.5. The predicted molar refractivity (Wildman–Crippen MR) is 123 cm³/mol. The van der Waals surface area contributed by atoms with Crippen molar-refractivity contribution < 1.29 is 23.4 Å². The maximum atomic E-state index is 15.4.